The van der Waals surface area contributed by atoms with Crippen LogP contribution in [-0.2, 0) is 0 Å². The highest BCUT2D eigenvalue weighted by molar-refractivity contribution is 5.26. The molecule has 1 aromatic rings. The quantitative estimate of drug-likeness (QED) is 0.708. The number of nitrogens with two attached hydrogens (primary N) is 1. The normalized spacial score (nSPS) is 19.2. The zero-order valence-electron chi connectivity index (χ0n) is 7.46. The lowest BCUT2D eigenvalue weighted by atomic mass is 10.0. The Morgan fingerprint density at radius 1 is 1.42 bits per heavy atom. The number of benzene rings is 1. The molecule has 2 rings (SSSR count). The SMILES string of the molecule is Cc1cccc([C@@H](N)C2CC2)c1. The van der Waals surface area contributed by atoms with Crippen LogP contribution in [0.5, 0.6) is 0 Å². The molecule has 1 fully saturated rings. The molecule has 12 heavy (non-hydrogen) atoms. The molecule has 0 amide bonds. The minimum atomic E-state index is 0.282. The van der Waals surface area contributed by atoms with Gasteiger partial charge >= 0.3 is 0 Å². The number of rotatable bonds is 2. The largest absolute Gasteiger partial charge is 0.324 e. The molecule has 0 bridgehead atoms. The molecule has 0 radical (unpaired) electrons. The third-order valence-corrected chi connectivity index (χ3v) is 2.56. The Morgan fingerprint density at radius 3 is 2.75 bits per heavy atom. The summed E-state index contributed by atoms with van der Waals surface area (Å²) in [5.41, 5.74) is 8.68. The molecular formula is C11H15N. The van der Waals surface area contributed by atoms with Gasteiger partial charge in [0, 0.05) is 6.04 Å². The summed E-state index contributed by atoms with van der Waals surface area (Å²) < 4.78 is 0. The van der Waals surface area contributed by atoms with E-state index < -0.39 is 0 Å². The molecule has 0 aromatic heterocycles. The maximum Gasteiger partial charge on any atom is 0.0323 e. The van der Waals surface area contributed by atoms with Gasteiger partial charge in [-0.25, -0.2) is 0 Å². The minimum absolute atomic E-state index is 0.282. The predicted octanol–water partition coefficient (Wildman–Crippen LogP) is 2.40. The van der Waals surface area contributed by atoms with E-state index >= 15 is 0 Å². The van der Waals surface area contributed by atoms with E-state index in [1.165, 1.54) is 24.0 Å². The summed E-state index contributed by atoms with van der Waals surface area (Å²) in [7, 11) is 0. The van der Waals surface area contributed by atoms with Crippen LogP contribution in [0.3, 0.4) is 0 Å². The molecule has 1 nitrogen and oxygen atoms in total. The van der Waals surface area contributed by atoms with Crippen LogP contribution in [0.4, 0.5) is 0 Å². The molecular weight excluding hydrogens is 146 g/mol. The van der Waals surface area contributed by atoms with Crippen molar-refractivity contribution in [3.63, 3.8) is 0 Å². The Hall–Kier alpha value is -0.820. The summed E-state index contributed by atoms with van der Waals surface area (Å²) in [6, 6.07) is 8.82. The van der Waals surface area contributed by atoms with Crippen LogP contribution in [0.2, 0.25) is 0 Å². The second kappa shape index (κ2) is 2.91. The van der Waals surface area contributed by atoms with Crippen LogP contribution in [0.15, 0.2) is 24.3 Å². The van der Waals surface area contributed by atoms with Crippen molar-refractivity contribution in [2.24, 2.45) is 11.7 Å². The molecule has 0 heterocycles. The van der Waals surface area contributed by atoms with Crippen molar-refractivity contribution in [3.05, 3.63) is 35.4 Å². The molecule has 0 saturated heterocycles. The third kappa shape index (κ3) is 1.51. The predicted molar refractivity (Wildman–Crippen MR) is 50.8 cm³/mol. The van der Waals surface area contributed by atoms with Gasteiger partial charge in [-0.2, -0.15) is 0 Å². The highest BCUT2D eigenvalue weighted by Gasteiger charge is 2.29. The number of aryl methyl sites for hydroxylation is 1. The summed E-state index contributed by atoms with van der Waals surface area (Å²) in [5.74, 6) is 0.756. The molecule has 64 valence electrons. The molecule has 1 aliphatic rings. The maximum atomic E-state index is 6.07. The van der Waals surface area contributed by atoms with Gasteiger partial charge in [-0.05, 0) is 31.2 Å². The van der Waals surface area contributed by atoms with Gasteiger partial charge in [0.25, 0.3) is 0 Å². The van der Waals surface area contributed by atoms with E-state index in [9.17, 15) is 0 Å². The first-order valence-corrected chi connectivity index (χ1v) is 4.59. The lowest BCUT2D eigenvalue weighted by Gasteiger charge is -2.10. The molecule has 0 unspecified atom stereocenters. The zero-order valence-corrected chi connectivity index (χ0v) is 7.46. The summed E-state index contributed by atoms with van der Waals surface area (Å²) in [6.07, 6.45) is 2.63. The fourth-order valence-electron chi connectivity index (χ4n) is 1.60. The van der Waals surface area contributed by atoms with Crippen molar-refractivity contribution in [1.29, 1.82) is 0 Å². The van der Waals surface area contributed by atoms with Crippen molar-refractivity contribution in [2.75, 3.05) is 0 Å². The van der Waals surface area contributed by atoms with Gasteiger partial charge in [0.15, 0.2) is 0 Å². The lowest BCUT2D eigenvalue weighted by molar-refractivity contribution is 0.633. The zero-order chi connectivity index (χ0) is 8.55. The van der Waals surface area contributed by atoms with Crippen LogP contribution in [0, 0.1) is 12.8 Å². The Kier molecular flexibility index (Phi) is 1.89. The standard InChI is InChI=1S/C11H15N/c1-8-3-2-4-10(7-8)11(12)9-5-6-9/h2-4,7,9,11H,5-6,12H2,1H3/t11-/m0/s1. The number of hydrogen-bond donors (Lipinski definition) is 1. The Labute approximate surface area is 73.6 Å². The molecule has 0 aliphatic heterocycles. The van der Waals surface area contributed by atoms with Crippen LogP contribution in [0.1, 0.15) is 30.0 Å². The topological polar surface area (TPSA) is 26.0 Å². The average molecular weight is 161 g/mol. The third-order valence-electron chi connectivity index (χ3n) is 2.56. The van der Waals surface area contributed by atoms with Crippen molar-refractivity contribution < 1.29 is 0 Å². The minimum Gasteiger partial charge on any atom is -0.324 e. The summed E-state index contributed by atoms with van der Waals surface area (Å²) in [5, 5.41) is 0. The van der Waals surface area contributed by atoms with Gasteiger partial charge in [-0.3, -0.25) is 0 Å². The fraction of sp³-hybridized carbons (Fsp3) is 0.455. The van der Waals surface area contributed by atoms with E-state index in [1.807, 2.05) is 0 Å². The van der Waals surface area contributed by atoms with E-state index in [4.69, 9.17) is 5.73 Å². The monoisotopic (exact) mass is 161 g/mol. The first-order valence-electron chi connectivity index (χ1n) is 4.59. The molecule has 1 aliphatic carbocycles. The van der Waals surface area contributed by atoms with Gasteiger partial charge in [0.05, 0.1) is 0 Å². The van der Waals surface area contributed by atoms with E-state index in [1.54, 1.807) is 0 Å². The summed E-state index contributed by atoms with van der Waals surface area (Å²) >= 11 is 0. The second-order valence-corrected chi connectivity index (χ2v) is 3.78. The maximum absolute atomic E-state index is 6.07. The van der Waals surface area contributed by atoms with Gasteiger partial charge < -0.3 is 5.73 Å². The van der Waals surface area contributed by atoms with Crippen molar-refractivity contribution in [3.8, 4) is 0 Å². The molecule has 2 N–H and O–H groups in total. The van der Waals surface area contributed by atoms with Gasteiger partial charge in [-0.15, -0.1) is 0 Å². The molecule has 1 aromatic carbocycles. The molecule has 1 heteroatoms. The summed E-state index contributed by atoms with van der Waals surface area (Å²) in [4.78, 5) is 0. The average Bonchev–Trinajstić information content (AvgIpc) is 2.85. The first-order chi connectivity index (χ1) is 5.77. The van der Waals surface area contributed by atoms with Gasteiger partial charge in [0.2, 0.25) is 0 Å². The van der Waals surface area contributed by atoms with Gasteiger partial charge in [-0.1, -0.05) is 29.8 Å². The van der Waals surface area contributed by atoms with Crippen molar-refractivity contribution in [2.45, 2.75) is 25.8 Å². The van der Waals surface area contributed by atoms with Crippen LogP contribution >= 0.6 is 0 Å². The van der Waals surface area contributed by atoms with E-state index in [2.05, 4.69) is 31.2 Å². The molecule has 1 saturated carbocycles. The van der Waals surface area contributed by atoms with Crippen molar-refractivity contribution >= 4 is 0 Å². The van der Waals surface area contributed by atoms with E-state index in [-0.39, 0.29) is 6.04 Å². The Balaban J connectivity index is 2.20. The first kappa shape index (κ1) is 7.81. The lowest BCUT2D eigenvalue weighted by Crippen LogP contribution is -2.12. The van der Waals surface area contributed by atoms with Crippen LogP contribution < -0.4 is 5.73 Å². The highest BCUT2D eigenvalue weighted by Crippen LogP contribution is 2.39. The Bertz CT molecular complexity index is 276. The number of hydrogen-bond acceptors (Lipinski definition) is 1. The summed E-state index contributed by atoms with van der Waals surface area (Å²) in [6.45, 7) is 2.11. The smallest absolute Gasteiger partial charge is 0.0323 e. The van der Waals surface area contributed by atoms with Crippen LogP contribution in [0.25, 0.3) is 0 Å². The molecule has 0 spiro atoms. The highest BCUT2D eigenvalue weighted by atomic mass is 14.7. The van der Waals surface area contributed by atoms with E-state index in [0.717, 1.165) is 5.92 Å². The van der Waals surface area contributed by atoms with Crippen molar-refractivity contribution in [1.82, 2.24) is 0 Å². The van der Waals surface area contributed by atoms with Gasteiger partial charge in [0.1, 0.15) is 0 Å². The second-order valence-electron chi connectivity index (χ2n) is 3.78. The Morgan fingerprint density at radius 2 is 2.17 bits per heavy atom. The van der Waals surface area contributed by atoms with E-state index in [0.29, 0.717) is 0 Å². The molecule has 1 atom stereocenters. The van der Waals surface area contributed by atoms with Crippen LogP contribution in [-0.4, -0.2) is 0 Å². The fourth-order valence-corrected chi connectivity index (χ4v) is 1.60.